The zero-order chi connectivity index (χ0) is 17.8. The molecular formula is C20H36O2. The van der Waals surface area contributed by atoms with Crippen LogP contribution in [0.3, 0.4) is 0 Å². The van der Waals surface area contributed by atoms with Gasteiger partial charge in [0.2, 0.25) is 0 Å². The first-order valence-electron chi connectivity index (χ1n) is 7.78. The highest BCUT2D eigenvalue weighted by atomic mass is 16.3. The zero-order valence-electron chi connectivity index (χ0n) is 15.2. The van der Waals surface area contributed by atoms with Crippen LogP contribution in [0.25, 0.3) is 0 Å². The molecule has 2 unspecified atom stereocenters. The van der Waals surface area contributed by atoms with Crippen LogP contribution < -0.4 is 0 Å². The molecule has 0 aromatic rings. The maximum Gasteiger partial charge on any atom is 0.122 e. The van der Waals surface area contributed by atoms with Gasteiger partial charge >= 0.3 is 0 Å². The van der Waals surface area contributed by atoms with Gasteiger partial charge in [-0.15, -0.1) is 13.0 Å². The van der Waals surface area contributed by atoms with Crippen LogP contribution in [0.5, 0.6) is 0 Å². The monoisotopic (exact) mass is 308 g/mol. The summed E-state index contributed by atoms with van der Waals surface area (Å²) < 4.78 is 0. The standard InChI is InChI=1S/C10H18O.C10H16O.H2/c2*1-5-10(4,11)8-6-7-9(2)3;/h5,7,11H,1,6,8H2,2-4H3;1,7,11H,6,8H2,2-4H3;1H. The molecule has 0 fully saturated rings. The van der Waals surface area contributed by atoms with E-state index in [9.17, 15) is 10.2 Å². The van der Waals surface area contributed by atoms with Gasteiger partial charge in [-0.1, -0.05) is 35.3 Å². The largest absolute Gasteiger partial charge is 0.386 e. The number of aliphatic hydroxyl groups is 2. The van der Waals surface area contributed by atoms with Gasteiger partial charge in [-0.3, -0.25) is 0 Å². The minimum Gasteiger partial charge on any atom is -0.386 e. The van der Waals surface area contributed by atoms with Crippen molar-refractivity contribution in [3.63, 3.8) is 0 Å². The average molecular weight is 309 g/mol. The van der Waals surface area contributed by atoms with E-state index in [2.05, 4.69) is 38.5 Å². The van der Waals surface area contributed by atoms with Crippen molar-refractivity contribution >= 4 is 0 Å². The van der Waals surface area contributed by atoms with Crippen molar-refractivity contribution in [2.45, 2.75) is 78.4 Å². The lowest BCUT2D eigenvalue weighted by molar-refractivity contribution is 0.103. The van der Waals surface area contributed by atoms with Gasteiger partial charge in [-0.25, -0.2) is 0 Å². The Hall–Kier alpha value is -1.30. The molecule has 0 radical (unpaired) electrons. The molecule has 0 saturated carbocycles. The van der Waals surface area contributed by atoms with Crippen LogP contribution >= 0.6 is 0 Å². The minimum absolute atomic E-state index is 0. The molecule has 0 aromatic heterocycles. The van der Waals surface area contributed by atoms with Crippen LogP contribution in [-0.2, 0) is 0 Å². The van der Waals surface area contributed by atoms with Crippen LogP contribution in [0.15, 0.2) is 36.0 Å². The molecule has 0 spiro atoms. The second-order valence-corrected chi connectivity index (χ2v) is 6.62. The Morgan fingerprint density at radius 2 is 1.45 bits per heavy atom. The van der Waals surface area contributed by atoms with Crippen molar-refractivity contribution in [1.82, 2.24) is 0 Å². The van der Waals surface area contributed by atoms with Gasteiger partial charge in [-0.2, -0.15) is 0 Å². The second-order valence-electron chi connectivity index (χ2n) is 6.62. The molecular weight excluding hydrogens is 272 g/mol. The third-order valence-electron chi connectivity index (χ3n) is 3.14. The maximum atomic E-state index is 9.49. The molecule has 128 valence electrons. The fourth-order valence-corrected chi connectivity index (χ4v) is 1.47. The van der Waals surface area contributed by atoms with Gasteiger partial charge in [0.05, 0.1) is 5.60 Å². The topological polar surface area (TPSA) is 40.5 Å². The quantitative estimate of drug-likeness (QED) is 0.511. The Bertz CT molecular complexity index is 415. The highest BCUT2D eigenvalue weighted by Gasteiger charge is 2.14. The maximum absolute atomic E-state index is 9.49. The lowest BCUT2D eigenvalue weighted by atomic mass is 10.00. The van der Waals surface area contributed by atoms with Crippen molar-refractivity contribution in [3.8, 4) is 12.3 Å². The molecule has 0 aliphatic carbocycles. The van der Waals surface area contributed by atoms with E-state index in [0.717, 1.165) is 19.3 Å². The minimum atomic E-state index is -0.939. The van der Waals surface area contributed by atoms with Gasteiger partial charge in [-0.05, 0) is 67.2 Å². The first-order chi connectivity index (χ1) is 9.95. The summed E-state index contributed by atoms with van der Waals surface area (Å²) in [5, 5.41) is 18.9. The fourth-order valence-electron chi connectivity index (χ4n) is 1.47. The van der Waals surface area contributed by atoms with Crippen LogP contribution in [0.4, 0.5) is 0 Å². The predicted octanol–water partition coefficient (Wildman–Crippen LogP) is 5.03. The van der Waals surface area contributed by atoms with Gasteiger partial charge < -0.3 is 10.2 Å². The van der Waals surface area contributed by atoms with Gasteiger partial charge in [0.1, 0.15) is 5.60 Å². The molecule has 0 aromatic carbocycles. The first-order valence-corrected chi connectivity index (χ1v) is 7.78. The summed E-state index contributed by atoms with van der Waals surface area (Å²) >= 11 is 0. The van der Waals surface area contributed by atoms with Crippen molar-refractivity contribution in [3.05, 3.63) is 36.0 Å². The zero-order valence-corrected chi connectivity index (χ0v) is 15.2. The van der Waals surface area contributed by atoms with Crippen LogP contribution in [0.1, 0.15) is 68.7 Å². The molecule has 0 amide bonds. The SMILES string of the molecule is C#CC(C)(O)CCC=C(C)C.C=CC(C)(O)CCC=C(C)C.[HH]. The smallest absolute Gasteiger partial charge is 0.122 e. The average Bonchev–Trinajstić information content (AvgIpc) is 2.38. The highest BCUT2D eigenvalue weighted by molar-refractivity contribution is 5.06. The summed E-state index contributed by atoms with van der Waals surface area (Å²) in [5.74, 6) is 2.34. The lowest BCUT2D eigenvalue weighted by Gasteiger charge is -2.16. The second kappa shape index (κ2) is 11.3. The summed E-state index contributed by atoms with van der Waals surface area (Å²) in [6.07, 6.45) is 14.0. The Balaban J connectivity index is -0.000000333. The van der Waals surface area contributed by atoms with Gasteiger partial charge in [0.25, 0.3) is 0 Å². The third-order valence-corrected chi connectivity index (χ3v) is 3.14. The molecule has 0 saturated heterocycles. The van der Waals surface area contributed by atoms with Crippen molar-refractivity contribution in [2.75, 3.05) is 0 Å². The summed E-state index contributed by atoms with van der Waals surface area (Å²) in [6.45, 7) is 15.2. The number of hydrogen-bond donors (Lipinski definition) is 2. The van der Waals surface area contributed by atoms with Gasteiger partial charge in [0, 0.05) is 1.43 Å². The molecule has 0 aliphatic rings. The Labute approximate surface area is 139 Å². The highest BCUT2D eigenvalue weighted by Crippen LogP contribution is 2.13. The van der Waals surface area contributed by atoms with E-state index in [0.29, 0.717) is 6.42 Å². The first kappa shape index (κ1) is 23.0. The molecule has 0 rings (SSSR count). The van der Waals surface area contributed by atoms with E-state index in [-0.39, 0.29) is 1.43 Å². The van der Waals surface area contributed by atoms with E-state index in [1.165, 1.54) is 11.1 Å². The Morgan fingerprint density at radius 1 is 1.05 bits per heavy atom. The van der Waals surface area contributed by atoms with Gasteiger partial charge in [0.15, 0.2) is 0 Å². The van der Waals surface area contributed by atoms with E-state index >= 15 is 0 Å². The lowest BCUT2D eigenvalue weighted by Crippen LogP contribution is -2.20. The van der Waals surface area contributed by atoms with Crippen LogP contribution in [-0.4, -0.2) is 21.4 Å². The Morgan fingerprint density at radius 3 is 1.77 bits per heavy atom. The molecule has 0 aliphatic heterocycles. The molecule has 0 heterocycles. The summed E-state index contributed by atoms with van der Waals surface area (Å²) in [4.78, 5) is 0. The van der Waals surface area contributed by atoms with Crippen molar-refractivity contribution < 1.29 is 11.6 Å². The summed E-state index contributed by atoms with van der Waals surface area (Å²) in [5.41, 5.74) is 0.917. The molecule has 2 nitrogen and oxygen atoms in total. The fraction of sp³-hybridized carbons (Fsp3) is 0.600. The number of rotatable bonds is 7. The third kappa shape index (κ3) is 16.8. The molecule has 0 bridgehead atoms. The molecule has 22 heavy (non-hydrogen) atoms. The van der Waals surface area contributed by atoms with E-state index in [4.69, 9.17) is 6.42 Å². The molecule has 2 heteroatoms. The van der Waals surface area contributed by atoms with E-state index in [1.807, 2.05) is 13.8 Å². The number of hydrogen-bond acceptors (Lipinski definition) is 2. The van der Waals surface area contributed by atoms with Crippen molar-refractivity contribution in [1.29, 1.82) is 0 Å². The van der Waals surface area contributed by atoms with Crippen LogP contribution in [0.2, 0.25) is 0 Å². The normalized spacial score (nSPS) is 15.0. The molecule has 2 N–H and O–H groups in total. The number of terminal acetylenes is 1. The summed E-state index contributed by atoms with van der Waals surface area (Å²) in [7, 11) is 0. The summed E-state index contributed by atoms with van der Waals surface area (Å²) in [6, 6.07) is 0. The predicted molar refractivity (Wildman–Crippen MR) is 99.7 cm³/mol. The van der Waals surface area contributed by atoms with Crippen molar-refractivity contribution in [2.24, 2.45) is 0 Å². The van der Waals surface area contributed by atoms with Crippen LogP contribution in [0, 0.1) is 12.3 Å². The van der Waals surface area contributed by atoms with E-state index in [1.54, 1.807) is 19.9 Å². The molecule has 2 atom stereocenters. The Kier molecular flexibility index (Phi) is 11.8. The number of allylic oxidation sites excluding steroid dienone is 4. The van der Waals surface area contributed by atoms with E-state index < -0.39 is 11.2 Å².